The summed E-state index contributed by atoms with van der Waals surface area (Å²) >= 11 is 0. The SMILES string of the molecule is C#[N+]C.F. The van der Waals surface area contributed by atoms with Crippen molar-refractivity contribution in [3.63, 3.8) is 0 Å². The van der Waals surface area contributed by atoms with E-state index in [9.17, 15) is 0 Å². The minimum Gasteiger partial charge on any atom is -0.269 e. The molecule has 0 aromatic heterocycles. The van der Waals surface area contributed by atoms with Crippen molar-refractivity contribution >= 4 is 0 Å². The third-order valence-corrected chi connectivity index (χ3v) is 0. The summed E-state index contributed by atoms with van der Waals surface area (Å²) in [5.41, 5.74) is 0. The Morgan fingerprint density at radius 1 is 1.75 bits per heavy atom. The van der Waals surface area contributed by atoms with Crippen LogP contribution in [0.3, 0.4) is 0 Å². The number of hydrogen-bond donors (Lipinski definition) is 0. The Kier molecular flexibility index (Phi) is 68.7. The van der Waals surface area contributed by atoms with E-state index in [0.29, 0.717) is 0 Å². The van der Waals surface area contributed by atoms with Crippen LogP contribution in [0.15, 0.2) is 0 Å². The first-order valence-corrected chi connectivity index (χ1v) is 0.705. The van der Waals surface area contributed by atoms with Crippen LogP contribution in [-0.2, 0) is 0 Å². The van der Waals surface area contributed by atoms with Crippen molar-refractivity contribution in [1.82, 2.24) is 0 Å². The Balaban J connectivity index is 0. The molecular formula is C2H5FN+. The molecular weight excluding hydrogens is 57.0 g/mol. The Bertz CT molecular complexity index is 27.5. The van der Waals surface area contributed by atoms with E-state index in [2.05, 4.69) is 11.4 Å². The first-order valence-electron chi connectivity index (χ1n) is 0.705. The van der Waals surface area contributed by atoms with Crippen LogP contribution in [0.4, 0.5) is 4.70 Å². The van der Waals surface area contributed by atoms with Crippen LogP contribution in [0.2, 0.25) is 0 Å². The van der Waals surface area contributed by atoms with Gasteiger partial charge in [-0.15, -0.1) is 0 Å². The molecule has 0 fully saturated rings. The lowest BCUT2D eigenvalue weighted by molar-refractivity contribution is 1.11. The van der Waals surface area contributed by atoms with Crippen LogP contribution in [-0.4, -0.2) is 7.05 Å². The first kappa shape index (κ1) is 9.93. The number of nitrogens with zero attached hydrogens (tertiary/aromatic N) is 1. The van der Waals surface area contributed by atoms with Gasteiger partial charge in [-0.25, -0.2) is 0 Å². The van der Waals surface area contributed by atoms with E-state index < -0.39 is 0 Å². The van der Waals surface area contributed by atoms with Gasteiger partial charge in [-0.1, -0.05) is 4.85 Å². The lowest BCUT2D eigenvalue weighted by Crippen LogP contribution is -1.11. The quantitative estimate of drug-likeness (QED) is 0.389. The van der Waals surface area contributed by atoms with E-state index >= 15 is 0 Å². The second-order valence-electron chi connectivity index (χ2n) is 0.258. The number of rotatable bonds is 0. The van der Waals surface area contributed by atoms with Crippen molar-refractivity contribution in [2.75, 3.05) is 7.05 Å². The van der Waals surface area contributed by atoms with Crippen molar-refractivity contribution in [3.8, 4) is 6.57 Å². The summed E-state index contributed by atoms with van der Waals surface area (Å²) in [7, 11) is 1.53. The fraction of sp³-hybridized carbons (Fsp3) is 0.500. The molecule has 0 spiro atoms. The highest BCUT2D eigenvalue weighted by Gasteiger charge is 1.25. The molecule has 0 saturated heterocycles. The van der Waals surface area contributed by atoms with Gasteiger partial charge in [0.15, 0.2) is 0 Å². The average molecular weight is 62.1 g/mol. The van der Waals surface area contributed by atoms with Gasteiger partial charge in [0.25, 0.3) is 13.6 Å². The molecule has 0 heterocycles. The molecule has 0 aromatic carbocycles. The van der Waals surface area contributed by atoms with Crippen LogP contribution in [0.25, 0.3) is 4.85 Å². The zero-order valence-corrected chi connectivity index (χ0v) is 2.43. The van der Waals surface area contributed by atoms with Crippen LogP contribution in [0.5, 0.6) is 0 Å². The summed E-state index contributed by atoms with van der Waals surface area (Å²) in [5.74, 6) is 0. The molecule has 0 atom stereocenters. The van der Waals surface area contributed by atoms with Gasteiger partial charge in [0.1, 0.15) is 0 Å². The summed E-state index contributed by atoms with van der Waals surface area (Å²) in [6.45, 7) is 4.47. The second-order valence-corrected chi connectivity index (χ2v) is 0.258. The maximum atomic E-state index is 4.47. The molecule has 0 aliphatic carbocycles. The van der Waals surface area contributed by atoms with E-state index in [0.717, 1.165) is 0 Å². The standard InChI is InChI=1S/C2H4N.FH/c1-3-2;/h1H,2H3;1H/q+1;. The largest absolute Gasteiger partial charge is 0.269 e. The maximum absolute atomic E-state index is 4.47. The number of halogens is 1. The summed E-state index contributed by atoms with van der Waals surface area (Å²) < 4.78 is 0. The number of hydrogen-bond acceptors (Lipinski definition) is 0. The molecule has 0 amide bonds. The van der Waals surface area contributed by atoms with Crippen molar-refractivity contribution < 1.29 is 4.70 Å². The third kappa shape index (κ3) is 0.745. The first-order chi connectivity index (χ1) is 1.41. The molecule has 0 aliphatic rings. The molecule has 0 bridgehead atoms. The highest BCUT2D eigenvalue weighted by molar-refractivity contribution is 4.49. The summed E-state index contributed by atoms with van der Waals surface area (Å²) in [6.07, 6.45) is 0. The summed E-state index contributed by atoms with van der Waals surface area (Å²) in [4.78, 5) is 3.00. The molecule has 0 radical (unpaired) electrons. The predicted molar refractivity (Wildman–Crippen MR) is 16.7 cm³/mol. The summed E-state index contributed by atoms with van der Waals surface area (Å²) in [6, 6.07) is 0. The zero-order chi connectivity index (χ0) is 2.71. The monoisotopic (exact) mass is 62.0 g/mol. The van der Waals surface area contributed by atoms with E-state index in [-0.39, 0.29) is 4.70 Å². The Hall–Kier alpha value is -0.580. The van der Waals surface area contributed by atoms with Gasteiger partial charge in [0, 0.05) is 0 Å². The zero-order valence-electron chi connectivity index (χ0n) is 2.43. The fourth-order valence-electron chi connectivity index (χ4n) is 0. The smallest absolute Gasteiger partial charge is 0.257 e. The Morgan fingerprint density at radius 2 is 1.75 bits per heavy atom. The Labute approximate surface area is 24.4 Å². The van der Waals surface area contributed by atoms with Crippen LogP contribution < -0.4 is 0 Å². The van der Waals surface area contributed by atoms with Gasteiger partial charge in [-0.2, -0.15) is 0 Å². The second kappa shape index (κ2) is 27.7. The minimum absolute atomic E-state index is 0. The highest BCUT2D eigenvalue weighted by Crippen LogP contribution is 1.25. The van der Waals surface area contributed by atoms with Crippen molar-refractivity contribution in [2.24, 2.45) is 0 Å². The van der Waals surface area contributed by atoms with Crippen molar-refractivity contribution in [1.29, 1.82) is 0 Å². The molecule has 0 rings (SSSR count). The van der Waals surface area contributed by atoms with E-state index in [1.165, 1.54) is 7.05 Å². The molecule has 0 unspecified atom stereocenters. The van der Waals surface area contributed by atoms with E-state index in [1.807, 2.05) is 0 Å². The van der Waals surface area contributed by atoms with Gasteiger partial charge < -0.3 is 0 Å². The van der Waals surface area contributed by atoms with Gasteiger partial charge in [0.05, 0.1) is 0 Å². The Morgan fingerprint density at radius 3 is 1.75 bits per heavy atom. The highest BCUT2D eigenvalue weighted by atomic mass is 19.0. The minimum atomic E-state index is 0. The molecule has 0 N–H and O–H groups in total. The molecule has 0 aromatic rings. The fourth-order valence-corrected chi connectivity index (χ4v) is 0. The van der Waals surface area contributed by atoms with E-state index in [1.54, 1.807) is 0 Å². The third-order valence-electron chi connectivity index (χ3n) is 0. The van der Waals surface area contributed by atoms with Crippen LogP contribution in [0, 0.1) is 6.57 Å². The van der Waals surface area contributed by atoms with Gasteiger partial charge in [0.2, 0.25) is 0 Å². The van der Waals surface area contributed by atoms with Crippen molar-refractivity contribution in [2.45, 2.75) is 0 Å². The van der Waals surface area contributed by atoms with Gasteiger partial charge in [-0.3, -0.25) is 4.70 Å². The van der Waals surface area contributed by atoms with Gasteiger partial charge >= 0.3 is 0 Å². The van der Waals surface area contributed by atoms with Crippen LogP contribution in [0.1, 0.15) is 0 Å². The van der Waals surface area contributed by atoms with Gasteiger partial charge in [-0.05, 0) is 0 Å². The van der Waals surface area contributed by atoms with Crippen LogP contribution >= 0.6 is 0 Å². The molecule has 2 heteroatoms. The lowest BCUT2D eigenvalue weighted by atomic mass is 11.5. The van der Waals surface area contributed by atoms with E-state index in [4.69, 9.17) is 0 Å². The maximum Gasteiger partial charge on any atom is 0.257 e. The molecule has 4 heavy (non-hydrogen) atoms. The normalized spacial score (nSPS) is 2.00. The average Bonchev–Trinajstić information content (AvgIpc) is 0.918. The molecule has 0 saturated carbocycles. The molecule has 24 valence electrons. The summed E-state index contributed by atoms with van der Waals surface area (Å²) in [5, 5.41) is 0. The molecule has 1 nitrogen and oxygen atoms in total. The lowest BCUT2D eigenvalue weighted by Gasteiger charge is -1.08. The van der Waals surface area contributed by atoms with Crippen molar-refractivity contribution in [3.05, 3.63) is 4.85 Å². The topological polar surface area (TPSA) is 4.36 Å². The predicted octanol–water partition coefficient (Wildman–Crippen LogP) is 0.731. The molecule has 0 aliphatic heterocycles.